The summed E-state index contributed by atoms with van der Waals surface area (Å²) in [6.07, 6.45) is 0. The summed E-state index contributed by atoms with van der Waals surface area (Å²) in [6.45, 7) is 1.65. The molecule has 1 atom stereocenters. The number of aliphatic hydroxyl groups is 1. The van der Waals surface area contributed by atoms with E-state index in [1.165, 1.54) is 0 Å². The van der Waals surface area contributed by atoms with E-state index in [2.05, 4.69) is 10.6 Å². The lowest BCUT2D eigenvalue weighted by atomic mass is 9.96. The summed E-state index contributed by atoms with van der Waals surface area (Å²) in [7, 11) is 0. The lowest BCUT2D eigenvalue weighted by Gasteiger charge is -2.24. The van der Waals surface area contributed by atoms with Gasteiger partial charge in [-0.1, -0.05) is 60.1 Å². The van der Waals surface area contributed by atoms with E-state index in [0.717, 1.165) is 5.56 Å². The van der Waals surface area contributed by atoms with Gasteiger partial charge in [0.25, 0.3) is 0 Å². The number of hydrogen-bond acceptors (Lipinski definition) is 3. The van der Waals surface area contributed by atoms with Crippen molar-refractivity contribution in [3.8, 4) is 0 Å². The van der Waals surface area contributed by atoms with Crippen molar-refractivity contribution in [3.63, 3.8) is 0 Å². The summed E-state index contributed by atoms with van der Waals surface area (Å²) in [6, 6.07) is 16.0. The number of nitrogens with one attached hydrogen (secondary N) is 2. The summed E-state index contributed by atoms with van der Waals surface area (Å²) < 4.78 is 0. The number of hydrogen-bond donors (Lipinski definition) is 3. The largest absolute Gasteiger partial charge is 0.384 e. The Morgan fingerprint density at radius 1 is 1.00 bits per heavy atom. The molecular weight excluding hydrogens is 328 g/mol. The molecular formula is C18H19ClN2O3. The molecule has 0 saturated heterocycles. The zero-order valence-electron chi connectivity index (χ0n) is 13.3. The molecule has 0 aliphatic heterocycles. The van der Waals surface area contributed by atoms with Crippen LogP contribution in [0.15, 0.2) is 54.6 Å². The molecule has 0 aromatic heterocycles. The number of benzene rings is 2. The number of carbonyl (C=O) groups excluding carboxylic acids is 2. The van der Waals surface area contributed by atoms with Crippen molar-refractivity contribution < 1.29 is 14.7 Å². The topological polar surface area (TPSA) is 78.4 Å². The van der Waals surface area contributed by atoms with E-state index >= 15 is 0 Å². The molecule has 3 N–H and O–H groups in total. The number of halogens is 1. The molecule has 2 amide bonds. The minimum absolute atomic E-state index is 0.0740. The molecule has 1 unspecified atom stereocenters. The van der Waals surface area contributed by atoms with E-state index in [9.17, 15) is 14.7 Å². The molecule has 2 aromatic carbocycles. The molecule has 0 aliphatic rings. The summed E-state index contributed by atoms with van der Waals surface area (Å²) in [5, 5.41) is 15.9. The SMILES string of the molecule is CC(O)(CNC(=O)C(=O)NCc1ccccc1Cl)c1ccccc1. The Bertz CT molecular complexity index is 717. The van der Waals surface area contributed by atoms with Gasteiger partial charge in [-0.2, -0.15) is 0 Å². The zero-order chi connectivity index (χ0) is 17.6. The Morgan fingerprint density at radius 3 is 2.25 bits per heavy atom. The van der Waals surface area contributed by atoms with E-state index < -0.39 is 17.4 Å². The molecule has 0 saturated carbocycles. The highest BCUT2D eigenvalue weighted by Crippen LogP contribution is 2.18. The fourth-order valence-electron chi connectivity index (χ4n) is 2.13. The van der Waals surface area contributed by atoms with E-state index in [-0.39, 0.29) is 13.1 Å². The molecule has 0 spiro atoms. The molecule has 2 rings (SSSR count). The maximum absolute atomic E-state index is 11.9. The van der Waals surface area contributed by atoms with Gasteiger partial charge in [0.1, 0.15) is 5.60 Å². The average molecular weight is 347 g/mol. The molecule has 126 valence electrons. The number of amides is 2. The normalized spacial score (nSPS) is 13.0. The lowest BCUT2D eigenvalue weighted by Crippen LogP contribution is -2.45. The Balaban J connectivity index is 1.86. The van der Waals surface area contributed by atoms with Crippen molar-refractivity contribution in [3.05, 3.63) is 70.7 Å². The van der Waals surface area contributed by atoms with Crippen LogP contribution in [0.4, 0.5) is 0 Å². The molecule has 2 aromatic rings. The molecule has 0 radical (unpaired) electrons. The van der Waals surface area contributed by atoms with Gasteiger partial charge in [-0.25, -0.2) is 0 Å². The third-order valence-corrected chi connectivity index (χ3v) is 3.96. The predicted molar refractivity (Wildman–Crippen MR) is 92.3 cm³/mol. The Hall–Kier alpha value is -2.37. The average Bonchev–Trinajstić information content (AvgIpc) is 2.59. The zero-order valence-corrected chi connectivity index (χ0v) is 14.0. The molecule has 0 fully saturated rings. The summed E-state index contributed by atoms with van der Waals surface area (Å²) in [5.41, 5.74) is 0.110. The Labute approximate surface area is 145 Å². The van der Waals surface area contributed by atoms with Crippen molar-refractivity contribution in [2.45, 2.75) is 19.1 Å². The van der Waals surface area contributed by atoms with Gasteiger partial charge < -0.3 is 15.7 Å². The van der Waals surface area contributed by atoms with Crippen LogP contribution in [0, 0.1) is 0 Å². The third-order valence-electron chi connectivity index (χ3n) is 3.59. The fraction of sp³-hybridized carbons (Fsp3) is 0.222. The van der Waals surface area contributed by atoms with Crippen LogP contribution in [0.5, 0.6) is 0 Å². The van der Waals surface area contributed by atoms with E-state index in [4.69, 9.17) is 11.6 Å². The van der Waals surface area contributed by atoms with Crippen molar-refractivity contribution in [1.29, 1.82) is 0 Å². The van der Waals surface area contributed by atoms with Crippen molar-refractivity contribution in [1.82, 2.24) is 10.6 Å². The fourth-order valence-corrected chi connectivity index (χ4v) is 2.33. The van der Waals surface area contributed by atoms with Crippen LogP contribution < -0.4 is 10.6 Å². The van der Waals surface area contributed by atoms with E-state index in [1.54, 1.807) is 55.5 Å². The van der Waals surface area contributed by atoms with Gasteiger partial charge in [-0.05, 0) is 24.1 Å². The highest BCUT2D eigenvalue weighted by molar-refractivity contribution is 6.35. The van der Waals surface area contributed by atoms with Crippen molar-refractivity contribution in [2.75, 3.05) is 6.54 Å². The molecule has 0 bridgehead atoms. The van der Waals surface area contributed by atoms with Gasteiger partial charge in [-0.15, -0.1) is 0 Å². The second-order valence-electron chi connectivity index (χ2n) is 5.60. The maximum Gasteiger partial charge on any atom is 0.309 e. The van der Waals surface area contributed by atoms with Crippen LogP contribution in [-0.2, 0) is 21.7 Å². The second kappa shape index (κ2) is 7.95. The minimum atomic E-state index is -1.26. The van der Waals surface area contributed by atoms with Crippen LogP contribution in [0.1, 0.15) is 18.1 Å². The minimum Gasteiger partial charge on any atom is -0.384 e. The Morgan fingerprint density at radius 2 is 1.58 bits per heavy atom. The molecule has 5 nitrogen and oxygen atoms in total. The molecule has 0 heterocycles. The van der Waals surface area contributed by atoms with Gasteiger partial charge in [0.2, 0.25) is 0 Å². The highest BCUT2D eigenvalue weighted by atomic mass is 35.5. The van der Waals surface area contributed by atoms with E-state index in [1.807, 2.05) is 6.07 Å². The first kappa shape index (κ1) is 18.0. The lowest BCUT2D eigenvalue weighted by molar-refractivity contribution is -0.139. The number of rotatable bonds is 5. The first-order chi connectivity index (χ1) is 11.4. The van der Waals surface area contributed by atoms with Crippen LogP contribution in [-0.4, -0.2) is 23.5 Å². The Kier molecular flexibility index (Phi) is 5.95. The van der Waals surface area contributed by atoms with Gasteiger partial charge in [0.15, 0.2) is 0 Å². The maximum atomic E-state index is 11.9. The van der Waals surface area contributed by atoms with Crippen molar-refractivity contribution >= 4 is 23.4 Å². The summed E-state index contributed by atoms with van der Waals surface area (Å²) in [5.74, 6) is -1.59. The molecule has 0 aliphatic carbocycles. The smallest absolute Gasteiger partial charge is 0.309 e. The molecule has 24 heavy (non-hydrogen) atoms. The van der Waals surface area contributed by atoms with Gasteiger partial charge in [0.05, 0.1) is 6.54 Å². The van der Waals surface area contributed by atoms with Gasteiger partial charge >= 0.3 is 11.8 Å². The predicted octanol–water partition coefficient (Wildman–Crippen LogP) is 1.98. The van der Waals surface area contributed by atoms with Gasteiger partial charge in [-0.3, -0.25) is 9.59 Å². The van der Waals surface area contributed by atoms with Crippen LogP contribution >= 0.6 is 11.6 Å². The highest BCUT2D eigenvalue weighted by Gasteiger charge is 2.25. The summed E-state index contributed by atoms with van der Waals surface area (Å²) in [4.78, 5) is 23.7. The van der Waals surface area contributed by atoms with Crippen molar-refractivity contribution in [2.24, 2.45) is 0 Å². The second-order valence-corrected chi connectivity index (χ2v) is 6.00. The molecule has 6 heteroatoms. The van der Waals surface area contributed by atoms with Gasteiger partial charge in [0, 0.05) is 11.6 Å². The first-order valence-corrected chi connectivity index (χ1v) is 7.85. The first-order valence-electron chi connectivity index (χ1n) is 7.47. The van der Waals surface area contributed by atoms with Crippen LogP contribution in [0.25, 0.3) is 0 Å². The standard InChI is InChI=1S/C18H19ClN2O3/c1-18(24,14-8-3-2-4-9-14)12-21-17(23)16(22)20-11-13-7-5-6-10-15(13)19/h2-10,24H,11-12H2,1H3,(H,20,22)(H,21,23). The monoisotopic (exact) mass is 346 g/mol. The van der Waals surface area contributed by atoms with Crippen LogP contribution in [0.2, 0.25) is 5.02 Å². The number of carbonyl (C=O) groups is 2. The quantitative estimate of drug-likeness (QED) is 0.724. The summed E-state index contributed by atoms with van der Waals surface area (Å²) >= 11 is 5.99. The van der Waals surface area contributed by atoms with E-state index in [0.29, 0.717) is 10.6 Å². The third kappa shape index (κ3) is 4.81. The van der Waals surface area contributed by atoms with Crippen LogP contribution in [0.3, 0.4) is 0 Å².